The zero-order chi connectivity index (χ0) is 15.5. The van der Waals surface area contributed by atoms with Crippen molar-refractivity contribution in [3.8, 4) is 0 Å². The van der Waals surface area contributed by atoms with Crippen LogP contribution in [0.25, 0.3) is 0 Å². The number of aromatic nitrogens is 2. The average Bonchev–Trinajstić information content (AvgIpc) is 2.83. The molecule has 21 heavy (non-hydrogen) atoms. The highest BCUT2D eigenvalue weighted by molar-refractivity contribution is 5.79. The molecule has 1 saturated carbocycles. The van der Waals surface area contributed by atoms with E-state index in [1.807, 2.05) is 0 Å². The van der Waals surface area contributed by atoms with Gasteiger partial charge in [-0.2, -0.15) is 18.3 Å². The van der Waals surface area contributed by atoms with E-state index in [0.717, 1.165) is 0 Å². The molecule has 0 aliphatic heterocycles. The fourth-order valence-electron chi connectivity index (χ4n) is 2.76. The molecule has 0 aromatic carbocycles. The van der Waals surface area contributed by atoms with Gasteiger partial charge in [-0.3, -0.25) is 9.48 Å². The van der Waals surface area contributed by atoms with Crippen LogP contribution in [-0.4, -0.2) is 28.4 Å². The molecule has 118 valence electrons. The SMILES string of the molecule is Nc1cnn(CCNC(=O)C2CCCCC2C(F)(F)F)c1. The normalized spacial score (nSPS) is 23.0. The number of nitrogen functional groups attached to an aromatic ring is 1. The van der Waals surface area contributed by atoms with E-state index in [4.69, 9.17) is 5.73 Å². The summed E-state index contributed by atoms with van der Waals surface area (Å²) in [7, 11) is 0. The molecule has 0 bridgehead atoms. The second kappa shape index (κ2) is 6.36. The van der Waals surface area contributed by atoms with Crippen LogP contribution in [0, 0.1) is 11.8 Å². The van der Waals surface area contributed by atoms with Gasteiger partial charge in [0.2, 0.25) is 5.91 Å². The van der Waals surface area contributed by atoms with Crippen molar-refractivity contribution >= 4 is 11.6 Å². The minimum Gasteiger partial charge on any atom is -0.396 e. The van der Waals surface area contributed by atoms with Crippen LogP contribution in [0.3, 0.4) is 0 Å². The van der Waals surface area contributed by atoms with Gasteiger partial charge in [0.15, 0.2) is 0 Å². The third kappa shape index (κ3) is 4.12. The van der Waals surface area contributed by atoms with E-state index in [0.29, 0.717) is 31.5 Å². The number of hydrogen-bond donors (Lipinski definition) is 2. The molecule has 0 saturated heterocycles. The molecule has 1 aromatic rings. The molecule has 1 heterocycles. The molecule has 0 radical (unpaired) electrons. The van der Waals surface area contributed by atoms with Crippen LogP contribution in [0.15, 0.2) is 12.4 Å². The minimum absolute atomic E-state index is 0.0390. The molecule has 1 aromatic heterocycles. The van der Waals surface area contributed by atoms with Crippen molar-refractivity contribution in [2.45, 2.75) is 38.4 Å². The molecule has 1 aliphatic rings. The van der Waals surface area contributed by atoms with Gasteiger partial charge in [0, 0.05) is 18.7 Å². The van der Waals surface area contributed by atoms with Crippen LogP contribution in [-0.2, 0) is 11.3 Å². The second-order valence-corrected chi connectivity index (χ2v) is 5.37. The summed E-state index contributed by atoms with van der Waals surface area (Å²) in [5.41, 5.74) is 6.00. The van der Waals surface area contributed by atoms with Crippen molar-refractivity contribution in [1.82, 2.24) is 15.1 Å². The van der Waals surface area contributed by atoms with Gasteiger partial charge in [-0.1, -0.05) is 12.8 Å². The Labute approximate surface area is 120 Å². The Morgan fingerprint density at radius 2 is 2.14 bits per heavy atom. The van der Waals surface area contributed by atoms with Gasteiger partial charge < -0.3 is 11.1 Å². The summed E-state index contributed by atoms with van der Waals surface area (Å²) in [5.74, 6) is -3.01. The summed E-state index contributed by atoms with van der Waals surface area (Å²) in [6, 6.07) is 0. The maximum atomic E-state index is 12.9. The number of rotatable bonds is 4. The van der Waals surface area contributed by atoms with Crippen LogP contribution in [0.4, 0.5) is 18.9 Å². The first kappa shape index (κ1) is 15.7. The fraction of sp³-hybridized carbons (Fsp3) is 0.692. The summed E-state index contributed by atoms with van der Waals surface area (Å²) in [5, 5.41) is 6.51. The summed E-state index contributed by atoms with van der Waals surface area (Å²) in [6.45, 7) is 0.618. The topological polar surface area (TPSA) is 72.9 Å². The van der Waals surface area contributed by atoms with E-state index in [1.54, 1.807) is 6.20 Å². The van der Waals surface area contributed by atoms with E-state index in [-0.39, 0.29) is 13.0 Å². The summed E-state index contributed by atoms with van der Waals surface area (Å²) in [4.78, 5) is 12.0. The lowest BCUT2D eigenvalue weighted by molar-refractivity contribution is -0.198. The Balaban J connectivity index is 1.86. The first-order chi connectivity index (χ1) is 9.88. The number of nitrogens with zero attached hydrogens (tertiary/aromatic N) is 2. The third-order valence-electron chi connectivity index (χ3n) is 3.82. The highest BCUT2D eigenvalue weighted by Crippen LogP contribution is 2.41. The predicted octanol–water partition coefficient (Wildman–Crippen LogP) is 1.95. The summed E-state index contributed by atoms with van der Waals surface area (Å²) >= 11 is 0. The van der Waals surface area contributed by atoms with Crippen molar-refractivity contribution in [2.75, 3.05) is 12.3 Å². The van der Waals surface area contributed by atoms with E-state index < -0.39 is 23.9 Å². The third-order valence-corrected chi connectivity index (χ3v) is 3.82. The van der Waals surface area contributed by atoms with Crippen molar-refractivity contribution in [2.24, 2.45) is 11.8 Å². The maximum Gasteiger partial charge on any atom is 0.392 e. The van der Waals surface area contributed by atoms with Crippen LogP contribution >= 0.6 is 0 Å². The molecule has 5 nitrogen and oxygen atoms in total. The van der Waals surface area contributed by atoms with Gasteiger partial charge in [0.25, 0.3) is 0 Å². The van der Waals surface area contributed by atoms with E-state index in [1.165, 1.54) is 10.9 Å². The number of anilines is 1. The molecule has 3 N–H and O–H groups in total. The summed E-state index contributed by atoms with van der Waals surface area (Å²) < 4.78 is 40.3. The Bertz CT molecular complexity index is 486. The molecule has 1 fully saturated rings. The highest BCUT2D eigenvalue weighted by Gasteiger charge is 2.47. The lowest BCUT2D eigenvalue weighted by Crippen LogP contribution is -2.43. The number of amides is 1. The maximum absolute atomic E-state index is 12.9. The van der Waals surface area contributed by atoms with Crippen molar-refractivity contribution in [3.63, 3.8) is 0 Å². The number of nitrogens with two attached hydrogens (primary N) is 1. The number of halogens is 3. The standard InChI is InChI=1S/C13H19F3N4O/c14-13(15,16)11-4-2-1-3-10(11)12(21)18-5-6-20-8-9(17)7-19-20/h7-8,10-11H,1-6,17H2,(H,18,21). The Kier molecular flexibility index (Phi) is 4.74. The Morgan fingerprint density at radius 1 is 1.43 bits per heavy atom. The average molecular weight is 304 g/mol. The lowest BCUT2D eigenvalue weighted by atomic mass is 9.78. The molecule has 2 rings (SSSR count). The van der Waals surface area contributed by atoms with Crippen LogP contribution in [0.1, 0.15) is 25.7 Å². The van der Waals surface area contributed by atoms with Crippen LogP contribution in [0.2, 0.25) is 0 Å². The molecule has 0 spiro atoms. The lowest BCUT2D eigenvalue weighted by Gasteiger charge is -2.31. The molecular weight excluding hydrogens is 285 g/mol. The number of carbonyl (C=O) groups excluding carboxylic acids is 1. The van der Waals surface area contributed by atoms with Crippen molar-refractivity contribution in [1.29, 1.82) is 0 Å². The van der Waals surface area contributed by atoms with Gasteiger partial charge in [-0.25, -0.2) is 0 Å². The smallest absolute Gasteiger partial charge is 0.392 e. The molecule has 8 heteroatoms. The zero-order valence-electron chi connectivity index (χ0n) is 11.6. The minimum atomic E-state index is -4.31. The summed E-state index contributed by atoms with van der Waals surface area (Å²) in [6.07, 6.45) is 0.301. The number of nitrogens with one attached hydrogen (secondary N) is 1. The van der Waals surface area contributed by atoms with Gasteiger partial charge in [-0.05, 0) is 12.8 Å². The zero-order valence-corrected chi connectivity index (χ0v) is 11.6. The molecular formula is C13H19F3N4O. The fourth-order valence-corrected chi connectivity index (χ4v) is 2.76. The number of alkyl halides is 3. The highest BCUT2D eigenvalue weighted by atomic mass is 19.4. The molecule has 1 amide bonds. The number of carbonyl (C=O) groups is 1. The Morgan fingerprint density at radius 3 is 2.76 bits per heavy atom. The first-order valence-corrected chi connectivity index (χ1v) is 7.00. The van der Waals surface area contributed by atoms with Crippen LogP contribution < -0.4 is 11.1 Å². The second-order valence-electron chi connectivity index (χ2n) is 5.37. The van der Waals surface area contributed by atoms with E-state index >= 15 is 0 Å². The Hall–Kier alpha value is -1.73. The number of hydrogen-bond acceptors (Lipinski definition) is 3. The quantitative estimate of drug-likeness (QED) is 0.893. The monoisotopic (exact) mass is 304 g/mol. The van der Waals surface area contributed by atoms with Gasteiger partial charge in [0.1, 0.15) is 0 Å². The molecule has 2 unspecified atom stereocenters. The van der Waals surface area contributed by atoms with E-state index in [9.17, 15) is 18.0 Å². The van der Waals surface area contributed by atoms with Gasteiger partial charge in [-0.15, -0.1) is 0 Å². The van der Waals surface area contributed by atoms with Crippen LogP contribution in [0.5, 0.6) is 0 Å². The van der Waals surface area contributed by atoms with Crippen molar-refractivity contribution in [3.05, 3.63) is 12.4 Å². The first-order valence-electron chi connectivity index (χ1n) is 7.00. The largest absolute Gasteiger partial charge is 0.396 e. The molecule has 1 aliphatic carbocycles. The molecule has 2 atom stereocenters. The predicted molar refractivity (Wildman–Crippen MR) is 71.2 cm³/mol. The van der Waals surface area contributed by atoms with Gasteiger partial charge in [0.05, 0.1) is 24.3 Å². The van der Waals surface area contributed by atoms with E-state index in [2.05, 4.69) is 10.4 Å². The van der Waals surface area contributed by atoms with Crippen molar-refractivity contribution < 1.29 is 18.0 Å². The van der Waals surface area contributed by atoms with Gasteiger partial charge >= 0.3 is 6.18 Å².